The molecule has 0 bridgehead atoms. The van der Waals surface area contributed by atoms with Crippen molar-refractivity contribution in [2.24, 2.45) is 13.0 Å². The SMILES string of the molecule is Cn1cc(C2CCN(C(=O)C3CCCC3)CC2)c2cc(CS(=O)(=O)c3cnc(N)nc3)ccc21. The van der Waals surface area contributed by atoms with Gasteiger partial charge in [0.2, 0.25) is 11.9 Å². The number of benzene rings is 1. The number of carbonyl (C=O) groups excluding carboxylic acids is 1. The van der Waals surface area contributed by atoms with E-state index in [0.717, 1.165) is 55.2 Å². The maximum Gasteiger partial charge on any atom is 0.225 e. The van der Waals surface area contributed by atoms with E-state index in [2.05, 4.69) is 25.6 Å². The number of sulfone groups is 1. The molecule has 1 aliphatic heterocycles. The molecule has 2 fully saturated rings. The summed E-state index contributed by atoms with van der Waals surface area (Å²) in [7, 11) is -1.57. The summed E-state index contributed by atoms with van der Waals surface area (Å²) >= 11 is 0. The van der Waals surface area contributed by atoms with Crippen molar-refractivity contribution in [1.29, 1.82) is 0 Å². The van der Waals surface area contributed by atoms with E-state index < -0.39 is 9.84 Å². The Bertz CT molecular complexity index is 1300. The van der Waals surface area contributed by atoms with Gasteiger partial charge in [0.15, 0.2) is 9.84 Å². The van der Waals surface area contributed by atoms with E-state index in [-0.39, 0.29) is 22.5 Å². The van der Waals surface area contributed by atoms with Crippen LogP contribution in [0.4, 0.5) is 5.95 Å². The zero-order valence-corrected chi connectivity index (χ0v) is 20.3. The van der Waals surface area contributed by atoms with Crippen molar-refractivity contribution in [3.63, 3.8) is 0 Å². The molecular formula is C25H31N5O3S. The lowest BCUT2D eigenvalue weighted by Gasteiger charge is -2.33. The Morgan fingerprint density at radius 1 is 1.09 bits per heavy atom. The quantitative estimate of drug-likeness (QED) is 0.598. The van der Waals surface area contributed by atoms with Crippen LogP contribution in [-0.4, -0.2) is 46.8 Å². The molecule has 0 radical (unpaired) electrons. The molecule has 34 heavy (non-hydrogen) atoms. The van der Waals surface area contributed by atoms with Crippen LogP contribution in [0.15, 0.2) is 41.7 Å². The van der Waals surface area contributed by atoms with Gasteiger partial charge in [-0.1, -0.05) is 18.9 Å². The Morgan fingerprint density at radius 3 is 2.44 bits per heavy atom. The topological polar surface area (TPSA) is 111 Å². The molecule has 5 rings (SSSR count). The molecule has 2 aromatic heterocycles. The van der Waals surface area contributed by atoms with E-state index in [1.807, 2.05) is 25.2 Å². The number of amides is 1. The van der Waals surface area contributed by atoms with E-state index >= 15 is 0 Å². The molecule has 3 aromatic rings. The average molecular weight is 482 g/mol. The van der Waals surface area contributed by atoms with Crippen molar-refractivity contribution in [3.05, 3.63) is 47.9 Å². The predicted molar refractivity (Wildman–Crippen MR) is 131 cm³/mol. The van der Waals surface area contributed by atoms with Crippen molar-refractivity contribution in [3.8, 4) is 0 Å². The zero-order valence-electron chi connectivity index (χ0n) is 19.5. The summed E-state index contributed by atoms with van der Waals surface area (Å²) in [6.45, 7) is 1.59. The smallest absolute Gasteiger partial charge is 0.225 e. The van der Waals surface area contributed by atoms with Crippen LogP contribution in [-0.2, 0) is 27.4 Å². The van der Waals surface area contributed by atoms with Crippen LogP contribution < -0.4 is 5.73 Å². The largest absolute Gasteiger partial charge is 0.368 e. The molecule has 0 atom stereocenters. The van der Waals surface area contributed by atoms with Crippen LogP contribution in [0, 0.1) is 5.92 Å². The molecule has 2 aliphatic rings. The number of fused-ring (bicyclic) bond motifs is 1. The summed E-state index contributed by atoms with van der Waals surface area (Å²) in [6, 6.07) is 5.85. The highest BCUT2D eigenvalue weighted by molar-refractivity contribution is 7.90. The maximum absolute atomic E-state index is 12.9. The minimum atomic E-state index is -3.59. The molecule has 2 N–H and O–H groups in total. The monoisotopic (exact) mass is 481 g/mol. The van der Waals surface area contributed by atoms with Gasteiger partial charge in [-0.2, -0.15) is 0 Å². The summed E-state index contributed by atoms with van der Waals surface area (Å²) in [5.74, 6) is 0.843. The van der Waals surface area contributed by atoms with Crippen LogP contribution >= 0.6 is 0 Å². The molecule has 1 saturated carbocycles. The number of carbonyl (C=O) groups is 1. The van der Waals surface area contributed by atoms with Crippen LogP contribution in [0.3, 0.4) is 0 Å². The number of aryl methyl sites for hydroxylation is 1. The summed E-state index contributed by atoms with van der Waals surface area (Å²) in [5, 5.41) is 1.09. The van der Waals surface area contributed by atoms with E-state index in [9.17, 15) is 13.2 Å². The van der Waals surface area contributed by atoms with Gasteiger partial charge in [-0.15, -0.1) is 0 Å². The third kappa shape index (κ3) is 4.41. The van der Waals surface area contributed by atoms with Crippen LogP contribution in [0.5, 0.6) is 0 Å². The average Bonchev–Trinajstić information content (AvgIpc) is 3.47. The highest BCUT2D eigenvalue weighted by Gasteiger charge is 2.31. The number of likely N-dealkylation sites (tertiary alicyclic amines) is 1. The third-order valence-corrected chi connectivity index (χ3v) is 9.04. The van der Waals surface area contributed by atoms with Crippen LogP contribution in [0.2, 0.25) is 0 Å². The van der Waals surface area contributed by atoms with Gasteiger partial charge in [-0.25, -0.2) is 18.4 Å². The Labute approximate surface area is 200 Å². The summed E-state index contributed by atoms with van der Waals surface area (Å²) in [4.78, 5) is 22.6. The molecular weight excluding hydrogens is 450 g/mol. The van der Waals surface area contributed by atoms with E-state index in [1.165, 1.54) is 30.8 Å². The number of nitrogen functional groups attached to an aromatic ring is 1. The van der Waals surface area contributed by atoms with Gasteiger partial charge in [0, 0.05) is 43.2 Å². The Morgan fingerprint density at radius 2 is 1.76 bits per heavy atom. The number of rotatable bonds is 5. The molecule has 1 saturated heterocycles. The first-order valence-corrected chi connectivity index (χ1v) is 13.6. The number of nitrogens with two attached hydrogens (primary N) is 1. The van der Waals surface area contributed by atoms with E-state index in [0.29, 0.717) is 11.8 Å². The number of anilines is 1. The van der Waals surface area contributed by atoms with Gasteiger partial charge >= 0.3 is 0 Å². The van der Waals surface area contributed by atoms with Crippen LogP contribution in [0.25, 0.3) is 10.9 Å². The van der Waals surface area contributed by atoms with E-state index in [4.69, 9.17) is 5.73 Å². The van der Waals surface area contributed by atoms with Crippen molar-refractivity contribution >= 4 is 32.6 Å². The summed E-state index contributed by atoms with van der Waals surface area (Å²) in [5.41, 5.74) is 8.53. The molecule has 0 unspecified atom stereocenters. The number of hydrogen-bond acceptors (Lipinski definition) is 6. The lowest BCUT2D eigenvalue weighted by molar-refractivity contribution is -0.136. The number of nitrogens with zero attached hydrogens (tertiary/aromatic N) is 4. The number of hydrogen-bond donors (Lipinski definition) is 1. The summed E-state index contributed by atoms with van der Waals surface area (Å²) in [6.07, 6.45) is 11.0. The molecule has 1 amide bonds. The van der Waals surface area contributed by atoms with Crippen molar-refractivity contribution < 1.29 is 13.2 Å². The third-order valence-electron chi connectivity index (χ3n) is 7.40. The first kappa shape index (κ1) is 22.8. The molecule has 0 spiro atoms. The Balaban J connectivity index is 1.35. The summed E-state index contributed by atoms with van der Waals surface area (Å²) < 4.78 is 27.9. The van der Waals surface area contributed by atoms with Gasteiger partial charge in [-0.3, -0.25) is 4.79 Å². The molecule has 180 valence electrons. The minimum Gasteiger partial charge on any atom is -0.368 e. The first-order valence-electron chi connectivity index (χ1n) is 12.0. The van der Waals surface area contributed by atoms with E-state index in [1.54, 1.807) is 0 Å². The first-order chi connectivity index (χ1) is 16.3. The molecule has 8 nitrogen and oxygen atoms in total. The van der Waals surface area contributed by atoms with Gasteiger partial charge in [0.05, 0.1) is 18.1 Å². The molecule has 1 aromatic carbocycles. The number of aromatic nitrogens is 3. The highest BCUT2D eigenvalue weighted by Crippen LogP contribution is 2.36. The standard InChI is InChI=1S/C25H31N5O3S/c1-29-15-22(18-8-10-30(11-9-18)24(31)19-4-2-3-5-19)21-12-17(6-7-23(21)29)16-34(32,33)20-13-27-25(26)28-14-20/h6-7,12-15,18-19H,2-5,8-11,16H2,1H3,(H2,26,27,28). The van der Waals surface area contributed by atoms with Gasteiger partial charge in [0.1, 0.15) is 4.90 Å². The van der Waals surface area contributed by atoms with Gasteiger partial charge in [0.25, 0.3) is 0 Å². The fraction of sp³-hybridized carbons (Fsp3) is 0.480. The van der Waals surface area contributed by atoms with Crippen LogP contribution in [0.1, 0.15) is 55.6 Å². The van der Waals surface area contributed by atoms with Gasteiger partial charge in [-0.05, 0) is 54.9 Å². The normalized spacial score (nSPS) is 18.1. The maximum atomic E-state index is 12.9. The predicted octanol–water partition coefficient (Wildman–Crippen LogP) is 3.42. The van der Waals surface area contributed by atoms with Crippen molar-refractivity contribution in [2.75, 3.05) is 18.8 Å². The minimum absolute atomic E-state index is 0.0466. The Kier molecular flexibility index (Phi) is 6.06. The Hall–Kier alpha value is -2.94. The second kappa shape index (κ2) is 9.02. The second-order valence-corrected chi connectivity index (χ2v) is 11.7. The fourth-order valence-corrected chi connectivity index (χ4v) is 6.73. The van der Waals surface area contributed by atoms with Crippen molar-refractivity contribution in [2.45, 2.75) is 55.1 Å². The van der Waals surface area contributed by atoms with Gasteiger partial charge < -0.3 is 15.2 Å². The molecule has 1 aliphatic carbocycles. The number of piperidine rings is 1. The lowest BCUT2D eigenvalue weighted by atomic mass is 9.88. The zero-order chi connectivity index (χ0) is 23.9. The molecule has 3 heterocycles. The molecule has 9 heteroatoms. The lowest BCUT2D eigenvalue weighted by Crippen LogP contribution is -2.40. The fourth-order valence-electron chi connectivity index (χ4n) is 5.52. The second-order valence-electron chi connectivity index (χ2n) is 9.66. The van der Waals surface area contributed by atoms with Crippen molar-refractivity contribution in [1.82, 2.24) is 19.4 Å². The highest BCUT2D eigenvalue weighted by atomic mass is 32.2.